The topological polar surface area (TPSA) is 58.6 Å². The van der Waals surface area contributed by atoms with Gasteiger partial charge in [0.1, 0.15) is 11.5 Å². The third kappa shape index (κ3) is 4.01. The van der Waals surface area contributed by atoms with Gasteiger partial charge in [-0.3, -0.25) is 9.69 Å². The number of aromatic nitrogens is 1. The van der Waals surface area contributed by atoms with Crippen LogP contribution in [0.4, 0.5) is 0 Å². The van der Waals surface area contributed by atoms with Crippen LogP contribution in [-0.2, 0) is 6.54 Å². The molecule has 1 unspecified atom stereocenters. The number of likely N-dealkylation sites (tertiary alicyclic amines) is 1. The Morgan fingerprint density at radius 3 is 2.52 bits per heavy atom. The second-order valence-electron chi connectivity index (χ2n) is 8.09. The van der Waals surface area contributed by atoms with E-state index >= 15 is 0 Å². The molecular weight excluding hydrogens is 364 g/mol. The number of hydrogen-bond donors (Lipinski definition) is 1. The van der Waals surface area contributed by atoms with Crippen molar-refractivity contribution in [1.29, 1.82) is 0 Å². The summed E-state index contributed by atoms with van der Waals surface area (Å²) in [4.78, 5) is 15.9. The van der Waals surface area contributed by atoms with E-state index < -0.39 is 0 Å². The van der Waals surface area contributed by atoms with Gasteiger partial charge in [-0.1, -0.05) is 37.3 Å². The van der Waals surface area contributed by atoms with Crippen LogP contribution in [0.2, 0.25) is 0 Å². The summed E-state index contributed by atoms with van der Waals surface area (Å²) in [6.07, 6.45) is 3.80. The van der Waals surface area contributed by atoms with Crippen LogP contribution in [0.25, 0.3) is 0 Å². The fourth-order valence-electron chi connectivity index (χ4n) is 4.26. The van der Waals surface area contributed by atoms with Crippen molar-refractivity contribution < 1.29 is 9.52 Å². The van der Waals surface area contributed by atoms with Crippen LogP contribution in [0.1, 0.15) is 48.4 Å². The molecule has 152 valence electrons. The van der Waals surface area contributed by atoms with Gasteiger partial charge in [0.15, 0.2) is 0 Å². The zero-order chi connectivity index (χ0) is 20.4. The largest absolute Gasteiger partial charge is 0.507 e. The Balaban J connectivity index is 1.82. The minimum absolute atomic E-state index is 0.0654. The third-order valence-corrected chi connectivity index (χ3v) is 5.99. The van der Waals surface area contributed by atoms with E-state index in [1.54, 1.807) is 16.9 Å². The number of nitrogens with zero attached hydrogens (tertiary/aromatic N) is 2. The number of benzene rings is 1. The fraction of sp³-hybridized carbons (Fsp3) is 0.375. The molecule has 0 aliphatic carbocycles. The van der Waals surface area contributed by atoms with Crippen molar-refractivity contribution in [2.24, 2.45) is 5.92 Å². The van der Waals surface area contributed by atoms with Crippen molar-refractivity contribution in [2.45, 2.75) is 39.3 Å². The minimum atomic E-state index is -0.264. The lowest BCUT2D eigenvalue weighted by molar-refractivity contribution is 0.154. The Kier molecular flexibility index (Phi) is 5.58. The highest BCUT2D eigenvalue weighted by Gasteiger charge is 2.31. The Bertz CT molecular complexity index is 1000. The molecule has 2 aromatic heterocycles. The monoisotopic (exact) mass is 392 g/mol. The number of rotatable bonds is 5. The maximum atomic E-state index is 13.6. The van der Waals surface area contributed by atoms with E-state index in [1.165, 1.54) is 0 Å². The second kappa shape index (κ2) is 8.29. The van der Waals surface area contributed by atoms with Gasteiger partial charge in [0.05, 0.1) is 24.4 Å². The molecule has 3 aromatic rings. The zero-order valence-corrected chi connectivity index (χ0v) is 17.0. The number of hydrogen-bond acceptors (Lipinski definition) is 4. The molecule has 5 heteroatoms. The van der Waals surface area contributed by atoms with E-state index in [-0.39, 0.29) is 17.4 Å². The van der Waals surface area contributed by atoms with E-state index in [1.807, 2.05) is 49.4 Å². The van der Waals surface area contributed by atoms with Crippen molar-refractivity contribution in [2.75, 3.05) is 13.1 Å². The fourth-order valence-corrected chi connectivity index (χ4v) is 4.26. The van der Waals surface area contributed by atoms with Crippen molar-refractivity contribution >= 4 is 0 Å². The first-order valence-corrected chi connectivity index (χ1v) is 10.3. The molecule has 1 saturated heterocycles. The molecule has 0 spiro atoms. The van der Waals surface area contributed by atoms with Crippen molar-refractivity contribution in [3.05, 3.63) is 87.7 Å². The maximum absolute atomic E-state index is 13.6. The molecule has 0 radical (unpaired) electrons. The summed E-state index contributed by atoms with van der Waals surface area (Å²) >= 11 is 0. The predicted molar refractivity (Wildman–Crippen MR) is 113 cm³/mol. The van der Waals surface area contributed by atoms with Crippen molar-refractivity contribution in [3.63, 3.8) is 0 Å². The number of piperidine rings is 1. The van der Waals surface area contributed by atoms with E-state index in [4.69, 9.17) is 4.42 Å². The molecule has 1 aliphatic rings. The zero-order valence-electron chi connectivity index (χ0n) is 17.0. The highest BCUT2D eigenvalue weighted by atomic mass is 16.3. The van der Waals surface area contributed by atoms with Crippen LogP contribution in [-0.4, -0.2) is 27.7 Å². The second-order valence-corrected chi connectivity index (χ2v) is 8.09. The van der Waals surface area contributed by atoms with Gasteiger partial charge in [0.25, 0.3) is 5.56 Å². The molecule has 0 saturated carbocycles. The Labute approximate surface area is 171 Å². The van der Waals surface area contributed by atoms with Crippen LogP contribution < -0.4 is 5.56 Å². The van der Waals surface area contributed by atoms with Crippen LogP contribution in [0.5, 0.6) is 5.75 Å². The molecule has 0 amide bonds. The van der Waals surface area contributed by atoms with Crippen molar-refractivity contribution in [3.8, 4) is 5.75 Å². The predicted octanol–water partition coefficient (Wildman–Crippen LogP) is 4.32. The summed E-state index contributed by atoms with van der Waals surface area (Å²) in [6, 6.07) is 15.1. The molecule has 1 aromatic carbocycles. The summed E-state index contributed by atoms with van der Waals surface area (Å²) in [7, 11) is 0. The molecule has 1 fully saturated rings. The van der Waals surface area contributed by atoms with Gasteiger partial charge in [-0.2, -0.15) is 0 Å². The summed E-state index contributed by atoms with van der Waals surface area (Å²) < 4.78 is 7.15. The molecular formula is C24H28N2O3. The number of furan rings is 1. The quantitative estimate of drug-likeness (QED) is 0.702. The van der Waals surface area contributed by atoms with Gasteiger partial charge < -0.3 is 14.1 Å². The molecule has 1 N–H and O–H groups in total. The molecule has 3 heterocycles. The minimum Gasteiger partial charge on any atom is -0.507 e. The summed E-state index contributed by atoms with van der Waals surface area (Å²) in [5, 5.41) is 10.9. The van der Waals surface area contributed by atoms with Crippen LogP contribution in [0.3, 0.4) is 0 Å². The first-order valence-electron chi connectivity index (χ1n) is 10.3. The van der Waals surface area contributed by atoms with Gasteiger partial charge in [0.2, 0.25) is 0 Å². The van der Waals surface area contributed by atoms with Gasteiger partial charge >= 0.3 is 0 Å². The van der Waals surface area contributed by atoms with Crippen LogP contribution >= 0.6 is 0 Å². The lowest BCUT2D eigenvalue weighted by Gasteiger charge is -2.37. The highest BCUT2D eigenvalue weighted by molar-refractivity contribution is 5.41. The molecule has 4 rings (SSSR count). The maximum Gasteiger partial charge on any atom is 0.260 e. The standard InChI is InChI=1S/C24H28N2O3/c1-17-10-12-25(13-11-17)23(19-7-4-3-5-8-19)22-21(27)15-18(2)26(24(22)28)16-20-9-6-14-29-20/h3-9,14-15,17,23,27H,10-13,16H2,1-2H3. The Hall–Kier alpha value is -2.79. The average Bonchev–Trinajstić information content (AvgIpc) is 3.23. The van der Waals surface area contributed by atoms with E-state index in [0.717, 1.165) is 37.3 Å². The van der Waals surface area contributed by atoms with Gasteiger partial charge in [-0.25, -0.2) is 0 Å². The van der Waals surface area contributed by atoms with E-state index in [2.05, 4.69) is 11.8 Å². The summed E-state index contributed by atoms with van der Waals surface area (Å²) in [5.41, 5.74) is 2.03. The summed E-state index contributed by atoms with van der Waals surface area (Å²) in [5.74, 6) is 1.47. The lowest BCUT2D eigenvalue weighted by atomic mass is 9.92. The molecule has 5 nitrogen and oxygen atoms in total. The van der Waals surface area contributed by atoms with E-state index in [9.17, 15) is 9.90 Å². The highest BCUT2D eigenvalue weighted by Crippen LogP contribution is 2.35. The summed E-state index contributed by atoms with van der Waals surface area (Å²) in [6.45, 7) is 6.28. The first kappa shape index (κ1) is 19.5. The Morgan fingerprint density at radius 2 is 1.86 bits per heavy atom. The first-order chi connectivity index (χ1) is 14.0. The van der Waals surface area contributed by atoms with Crippen LogP contribution in [0, 0.1) is 12.8 Å². The van der Waals surface area contributed by atoms with Crippen molar-refractivity contribution in [1.82, 2.24) is 9.47 Å². The number of aromatic hydroxyl groups is 1. The molecule has 0 bridgehead atoms. The molecule has 1 atom stereocenters. The normalized spacial score (nSPS) is 16.8. The average molecular weight is 392 g/mol. The number of aryl methyl sites for hydroxylation is 1. The van der Waals surface area contributed by atoms with Gasteiger partial charge in [0, 0.05) is 5.69 Å². The van der Waals surface area contributed by atoms with Gasteiger partial charge in [-0.05, 0) is 62.5 Å². The van der Waals surface area contributed by atoms with Crippen LogP contribution in [0.15, 0.2) is 64.0 Å². The molecule has 29 heavy (non-hydrogen) atoms. The number of pyridine rings is 1. The van der Waals surface area contributed by atoms with E-state index in [0.29, 0.717) is 23.7 Å². The Morgan fingerprint density at radius 1 is 1.14 bits per heavy atom. The SMILES string of the molecule is Cc1cc(O)c(C(c2ccccc2)N2CCC(C)CC2)c(=O)n1Cc1ccco1. The lowest BCUT2D eigenvalue weighted by Crippen LogP contribution is -2.40. The van der Waals surface area contributed by atoms with Gasteiger partial charge in [-0.15, -0.1) is 0 Å². The smallest absolute Gasteiger partial charge is 0.260 e. The third-order valence-electron chi connectivity index (χ3n) is 5.99. The molecule has 1 aliphatic heterocycles.